The molecule has 1 saturated heterocycles. The fourth-order valence-corrected chi connectivity index (χ4v) is 1.90. The van der Waals surface area contributed by atoms with Crippen molar-refractivity contribution in [2.24, 2.45) is 5.73 Å². The average Bonchev–Trinajstić information content (AvgIpc) is 2.23. The van der Waals surface area contributed by atoms with E-state index in [1.807, 2.05) is 0 Å². The summed E-state index contributed by atoms with van der Waals surface area (Å²) in [5, 5.41) is 9.87. The number of ether oxygens (including phenoxy) is 1. The van der Waals surface area contributed by atoms with Crippen LogP contribution in [0, 0.1) is 0 Å². The first-order chi connectivity index (χ1) is 8.23. The van der Waals surface area contributed by atoms with Gasteiger partial charge in [0.15, 0.2) is 5.60 Å². The Bertz CT molecular complexity index is 304. The monoisotopic (exact) mass is 306 g/mol. The molecule has 0 aromatic carbocycles. The molecule has 1 amide bonds. The lowest BCUT2D eigenvalue weighted by Crippen LogP contribution is -2.56. The van der Waals surface area contributed by atoms with Gasteiger partial charge in [0, 0.05) is 13.1 Å². The summed E-state index contributed by atoms with van der Waals surface area (Å²) < 4.78 is 39.9. The van der Waals surface area contributed by atoms with Crippen LogP contribution < -0.4 is 5.73 Å². The molecule has 0 aliphatic carbocycles. The van der Waals surface area contributed by atoms with E-state index < -0.39 is 24.3 Å². The fraction of sp³-hybridized carbons (Fsp3) is 0.900. The van der Waals surface area contributed by atoms with Crippen LogP contribution in [0.4, 0.5) is 13.2 Å². The number of nitrogens with two attached hydrogens (primary N) is 1. The topological polar surface area (TPSA) is 75.8 Å². The number of alkyl halides is 3. The van der Waals surface area contributed by atoms with E-state index in [2.05, 4.69) is 4.74 Å². The summed E-state index contributed by atoms with van der Waals surface area (Å²) in [4.78, 5) is 12.7. The minimum atomic E-state index is -4.34. The molecule has 1 aliphatic heterocycles. The quantitative estimate of drug-likeness (QED) is 0.716. The summed E-state index contributed by atoms with van der Waals surface area (Å²) in [6.07, 6.45) is -3.49. The Morgan fingerprint density at radius 2 is 2.11 bits per heavy atom. The second kappa shape index (κ2) is 7.28. The first-order valence-corrected chi connectivity index (χ1v) is 5.62. The van der Waals surface area contributed by atoms with Crippen LogP contribution in [0.3, 0.4) is 0 Å². The second-order valence-corrected chi connectivity index (χ2v) is 4.44. The third-order valence-electron chi connectivity index (χ3n) is 2.83. The molecule has 0 bridgehead atoms. The molecule has 0 aromatic rings. The lowest BCUT2D eigenvalue weighted by atomic mass is 9.92. The summed E-state index contributed by atoms with van der Waals surface area (Å²) >= 11 is 0. The largest absolute Gasteiger partial charge is 0.411 e. The van der Waals surface area contributed by atoms with Gasteiger partial charge < -0.3 is 15.6 Å². The molecule has 0 spiro atoms. The van der Waals surface area contributed by atoms with Gasteiger partial charge in [-0.3, -0.25) is 9.69 Å². The molecule has 0 radical (unpaired) electrons. The van der Waals surface area contributed by atoms with Crippen LogP contribution in [0.15, 0.2) is 0 Å². The predicted molar refractivity (Wildman–Crippen MR) is 63.9 cm³/mol. The van der Waals surface area contributed by atoms with Crippen LogP contribution in [-0.2, 0) is 9.53 Å². The number of piperidine rings is 1. The molecule has 1 unspecified atom stereocenters. The number of hydrogen-bond donors (Lipinski definition) is 2. The number of carbonyl (C=O) groups excluding carboxylic acids is 1. The molecule has 1 atom stereocenters. The van der Waals surface area contributed by atoms with Crippen LogP contribution in [0.25, 0.3) is 0 Å². The maximum Gasteiger partial charge on any atom is 0.411 e. The Morgan fingerprint density at radius 3 is 2.63 bits per heavy atom. The Hall–Kier alpha value is -0.570. The molecule has 1 aliphatic rings. The van der Waals surface area contributed by atoms with E-state index in [9.17, 15) is 23.1 Å². The number of rotatable bonds is 5. The number of amides is 1. The predicted octanol–water partition coefficient (Wildman–Crippen LogP) is 0.299. The molecule has 5 nitrogen and oxygen atoms in total. The van der Waals surface area contributed by atoms with Crippen molar-refractivity contribution < 1.29 is 27.8 Å². The van der Waals surface area contributed by atoms with Gasteiger partial charge in [-0.05, 0) is 19.4 Å². The van der Waals surface area contributed by atoms with E-state index in [-0.39, 0.29) is 38.5 Å². The van der Waals surface area contributed by atoms with Crippen molar-refractivity contribution in [3.8, 4) is 0 Å². The second-order valence-electron chi connectivity index (χ2n) is 4.44. The minimum Gasteiger partial charge on any atom is -0.379 e. The summed E-state index contributed by atoms with van der Waals surface area (Å²) in [5.74, 6) is -0.802. The van der Waals surface area contributed by atoms with Crippen LogP contribution in [-0.4, -0.2) is 60.5 Å². The molecule has 1 fully saturated rings. The number of primary amides is 1. The lowest BCUT2D eigenvalue weighted by molar-refractivity contribution is -0.175. The van der Waals surface area contributed by atoms with Crippen molar-refractivity contribution in [3.05, 3.63) is 0 Å². The van der Waals surface area contributed by atoms with E-state index in [1.54, 1.807) is 4.90 Å². The first-order valence-electron chi connectivity index (χ1n) is 5.62. The normalized spacial score (nSPS) is 24.8. The zero-order valence-electron chi connectivity index (χ0n) is 10.3. The maximum absolute atomic E-state index is 11.8. The molecule has 0 saturated carbocycles. The highest BCUT2D eigenvalue weighted by Gasteiger charge is 2.38. The number of likely N-dealkylation sites (tertiary alicyclic amines) is 1. The number of hydrogen-bond acceptors (Lipinski definition) is 4. The van der Waals surface area contributed by atoms with Gasteiger partial charge in [-0.1, -0.05) is 0 Å². The first kappa shape index (κ1) is 18.4. The van der Waals surface area contributed by atoms with Gasteiger partial charge in [-0.2, -0.15) is 13.2 Å². The molecule has 1 heterocycles. The van der Waals surface area contributed by atoms with Gasteiger partial charge in [0.1, 0.15) is 6.61 Å². The Morgan fingerprint density at radius 1 is 1.47 bits per heavy atom. The van der Waals surface area contributed by atoms with E-state index in [1.165, 1.54) is 0 Å². The van der Waals surface area contributed by atoms with Gasteiger partial charge in [0.2, 0.25) is 0 Å². The summed E-state index contributed by atoms with van der Waals surface area (Å²) in [6.45, 7) is -0.524. The molecule has 114 valence electrons. The molecule has 1 rings (SSSR count). The van der Waals surface area contributed by atoms with Crippen molar-refractivity contribution in [2.75, 3.05) is 32.8 Å². The highest BCUT2D eigenvalue weighted by molar-refractivity contribution is 5.85. The zero-order chi connectivity index (χ0) is 13.8. The fourth-order valence-electron chi connectivity index (χ4n) is 1.90. The number of β-amino-alcohol motifs (C(OH)–C–C–N with tert-alkyl or cyclic N) is 1. The molecule has 19 heavy (non-hydrogen) atoms. The highest BCUT2D eigenvalue weighted by atomic mass is 35.5. The number of nitrogens with zero attached hydrogens (tertiary/aromatic N) is 1. The third-order valence-corrected chi connectivity index (χ3v) is 2.83. The zero-order valence-corrected chi connectivity index (χ0v) is 11.1. The highest BCUT2D eigenvalue weighted by Crippen LogP contribution is 2.20. The molecular weight excluding hydrogens is 289 g/mol. The smallest absolute Gasteiger partial charge is 0.379 e. The van der Waals surface area contributed by atoms with Gasteiger partial charge >= 0.3 is 6.18 Å². The van der Waals surface area contributed by atoms with E-state index in [4.69, 9.17) is 5.73 Å². The third kappa shape index (κ3) is 6.42. The van der Waals surface area contributed by atoms with E-state index in [0.717, 1.165) is 0 Å². The van der Waals surface area contributed by atoms with Crippen molar-refractivity contribution >= 4 is 18.3 Å². The molecular formula is C10H18ClF3N2O3. The number of aliphatic hydroxyl groups is 1. The summed E-state index contributed by atoms with van der Waals surface area (Å²) in [6, 6.07) is 0. The number of halogens is 4. The van der Waals surface area contributed by atoms with Crippen LogP contribution in [0.2, 0.25) is 0 Å². The van der Waals surface area contributed by atoms with Crippen molar-refractivity contribution in [1.29, 1.82) is 0 Å². The van der Waals surface area contributed by atoms with Crippen molar-refractivity contribution in [3.63, 3.8) is 0 Å². The average molecular weight is 307 g/mol. The van der Waals surface area contributed by atoms with Gasteiger partial charge in [-0.25, -0.2) is 0 Å². The summed E-state index contributed by atoms with van der Waals surface area (Å²) in [7, 11) is 0. The van der Waals surface area contributed by atoms with Crippen molar-refractivity contribution in [1.82, 2.24) is 4.90 Å². The minimum absolute atomic E-state index is 0. The van der Waals surface area contributed by atoms with Gasteiger partial charge in [-0.15, -0.1) is 12.4 Å². The standard InChI is InChI=1S/C10H17F3N2O3.ClH/c11-10(12,13)7-18-5-4-15-3-1-2-9(17,6-15)8(14)16;/h17H,1-7H2,(H2,14,16);1H. The van der Waals surface area contributed by atoms with Crippen LogP contribution >= 0.6 is 12.4 Å². The summed E-state index contributed by atoms with van der Waals surface area (Å²) in [5.41, 5.74) is 3.50. The van der Waals surface area contributed by atoms with E-state index >= 15 is 0 Å². The lowest BCUT2D eigenvalue weighted by Gasteiger charge is -2.36. The Kier molecular flexibility index (Phi) is 7.06. The van der Waals surface area contributed by atoms with Gasteiger partial charge in [0.25, 0.3) is 5.91 Å². The molecule has 3 N–H and O–H groups in total. The SMILES string of the molecule is Cl.NC(=O)C1(O)CCCN(CCOCC(F)(F)F)C1. The Balaban J connectivity index is 0.00000324. The Labute approximate surface area is 115 Å². The van der Waals surface area contributed by atoms with Crippen LogP contribution in [0.1, 0.15) is 12.8 Å². The molecule has 9 heteroatoms. The van der Waals surface area contributed by atoms with Gasteiger partial charge in [0.05, 0.1) is 6.61 Å². The van der Waals surface area contributed by atoms with Crippen LogP contribution in [0.5, 0.6) is 0 Å². The van der Waals surface area contributed by atoms with E-state index in [0.29, 0.717) is 13.0 Å². The molecule has 0 aromatic heterocycles. The van der Waals surface area contributed by atoms with Crippen molar-refractivity contribution in [2.45, 2.75) is 24.6 Å². The number of carbonyl (C=O) groups is 1. The maximum atomic E-state index is 11.8.